The van der Waals surface area contributed by atoms with Crippen molar-refractivity contribution < 1.29 is 18.3 Å². The second-order valence-electron chi connectivity index (χ2n) is 2.67. The van der Waals surface area contributed by atoms with Crippen LogP contribution in [0.25, 0.3) is 0 Å². The fourth-order valence-electron chi connectivity index (χ4n) is 0.909. The number of hydrogen-bond donors (Lipinski definition) is 0. The molecule has 1 aromatic heterocycles. The van der Waals surface area contributed by atoms with E-state index in [2.05, 4.69) is 9.84 Å². The number of aromatic nitrogens is 2. The number of halogens is 2. The van der Waals surface area contributed by atoms with Crippen molar-refractivity contribution >= 4 is 5.97 Å². The fraction of sp³-hybridized carbons (Fsp3) is 0.500. The van der Waals surface area contributed by atoms with Crippen LogP contribution in [0.2, 0.25) is 0 Å². The van der Waals surface area contributed by atoms with Gasteiger partial charge in [-0.05, 0) is 13.0 Å². The first-order valence-corrected chi connectivity index (χ1v) is 4.03. The molecule has 0 unspecified atom stereocenters. The SMILES string of the molecule is CCOC(=O)C(F)(F)c1ccn(C)n1. The Kier molecular flexibility index (Phi) is 2.83. The third kappa shape index (κ3) is 1.89. The van der Waals surface area contributed by atoms with E-state index >= 15 is 0 Å². The molecule has 6 heteroatoms. The van der Waals surface area contributed by atoms with Crippen molar-refractivity contribution in [1.82, 2.24) is 9.78 Å². The van der Waals surface area contributed by atoms with Gasteiger partial charge in [0.2, 0.25) is 0 Å². The summed E-state index contributed by atoms with van der Waals surface area (Å²) in [5.41, 5.74) is -0.599. The van der Waals surface area contributed by atoms with E-state index in [1.807, 2.05) is 0 Å². The highest BCUT2D eigenvalue weighted by Gasteiger charge is 2.44. The summed E-state index contributed by atoms with van der Waals surface area (Å²) in [6.07, 6.45) is 1.34. The van der Waals surface area contributed by atoms with Crippen molar-refractivity contribution in [3.8, 4) is 0 Å². The Bertz CT molecular complexity index is 336. The zero-order chi connectivity index (χ0) is 10.8. The number of alkyl halides is 2. The van der Waals surface area contributed by atoms with Crippen LogP contribution in [0.5, 0.6) is 0 Å². The predicted molar refractivity (Wildman–Crippen MR) is 43.7 cm³/mol. The van der Waals surface area contributed by atoms with Gasteiger partial charge in [0.1, 0.15) is 5.69 Å². The third-order valence-electron chi connectivity index (χ3n) is 1.57. The van der Waals surface area contributed by atoms with Crippen molar-refractivity contribution in [1.29, 1.82) is 0 Å². The molecular formula is C8H10F2N2O2. The minimum atomic E-state index is -3.67. The van der Waals surface area contributed by atoms with Crippen LogP contribution in [0.4, 0.5) is 8.78 Å². The van der Waals surface area contributed by atoms with Crippen molar-refractivity contribution in [2.75, 3.05) is 6.61 Å². The molecular weight excluding hydrogens is 194 g/mol. The van der Waals surface area contributed by atoms with Gasteiger partial charge in [-0.15, -0.1) is 0 Å². The molecule has 14 heavy (non-hydrogen) atoms. The highest BCUT2D eigenvalue weighted by Crippen LogP contribution is 2.27. The van der Waals surface area contributed by atoms with Gasteiger partial charge in [0.25, 0.3) is 0 Å². The highest BCUT2D eigenvalue weighted by atomic mass is 19.3. The topological polar surface area (TPSA) is 44.1 Å². The molecule has 0 spiro atoms. The number of hydrogen-bond acceptors (Lipinski definition) is 3. The molecule has 1 rings (SSSR count). The Labute approximate surface area is 79.5 Å². The smallest absolute Gasteiger partial charge is 0.386 e. The van der Waals surface area contributed by atoms with Crippen molar-refractivity contribution in [2.24, 2.45) is 7.05 Å². The number of nitrogens with zero attached hydrogens (tertiary/aromatic N) is 2. The standard InChI is InChI=1S/C8H10F2N2O2/c1-3-14-7(13)8(9,10)6-4-5-12(2)11-6/h4-5H,3H2,1-2H3. The van der Waals surface area contributed by atoms with Crippen molar-refractivity contribution in [3.05, 3.63) is 18.0 Å². The zero-order valence-corrected chi connectivity index (χ0v) is 7.83. The lowest BCUT2D eigenvalue weighted by molar-refractivity contribution is -0.173. The molecule has 0 saturated carbocycles. The fourth-order valence-corrected chi connectivity index (χ4v) is 0.909. The number of carbonyl (C=O) groups is 1. The maximum Gasteiger partial charge on any atom is 0.386 e. The van der Waals surface area contributed by atoms with Gasteiger partial charge in [-0.3, -0.25) is 4.68 Å². The molecule has 0 amide bonds. The van der Waals surface area contributed by atoms with E-state index in [1.165, 1.54) is 24.9 Å². The molecule has 1 heterocycles. The van der Waals surface area contributed by atoms with Gasteiger partial charge in [-0.1, -0.05) is 0 Å². The van der Waals surface area contributed by atoms with Crippen LogP contribution in [0.15, 0.2) is 12.3 Å². The van der Waals surface area contributed by atoms with E-state index < -0.39 is 17.6 Å². The van der Waals surface area contributed by atoms with Crippen LogP contribution in [0.1, 0.15) is 12.6 Å². The lowest BCUT2D eigenvalue weighted by atomic mass is 10.2. The Balaban J connectivity index is 2.89. The monoisotopic (exact) mass is 204 g/mol. The summed E-state index contributed by atoms with van der Waals surface area (Å²) in [6.45, 7) is 1.38. The first kappa shape index (κ1) is 10.6. The highest BCUT2D eigenvalue weighted by molar-refractivity contribution is 5.78. The second-order valence-corrected chi connectivity index (χ2v) is 2.67. The van der Waals surface area contributed by atoms with Crippen LogP contribution in [0.3, 0.4) is 0 Å². The van der Waals surface area contributed by atoms with Gasteiger partial charge in [-0.2, -0.15) is 13.9 Å². The normalized spacial score (nSPS) is 11.4. The van der Waals surface area contributed by atoms with Gasteiger partial charge >= 0.3 is 11.9 Å². The summed E-state index contributed by atoms with van der Waals surface area (Å²) in [6, 6.07) is 1.08. The molecule has 4 nitrogen and oxygen atoms in total. The minimum absolute atomic E-state index is 0.0821. The van der Waals surface area contributed by atoms with Gasteiger partial charge in [0, 0.05) is 13.2 Å². The van der Waals surface area contributed by atoms with E-state index in [0.717, 1.165) is 6.07 Å². The van der Waals surface area contributed by atoms with Gasteiger partial charge < -0.3 is 4.74 Å². The molecule has 0 bridgehead atoms. The van der Waals surface area contributed by atoms with E-state index in [0.29, 0.717) is 0 Å². The molecule has 1 aromatic rings. The Hall–Kier alpha value is -1.46. The largest absolute Gasteiger partial charge is 0.461 e. The Morgan fingerprint density at radius 1 is 1.71 bits per heavy atom. The molecule has 0 aliphatic carbocycles. The number of aryl methyl sites for hydroxylation is 1. The number of ether oxygens (including phenoxy) is 1. The average molecular weight is 204 g/mol. The first-order chi connectivity index (χ1) is 6.48. The molecule has 78 valence electrons. The van der Waals surface area contributed by atoms with Crippen molar-refractivity contribution in [3.63, 3.8) is 0 Å². The molecule has 0 aromatic carbocycles. The first-order valence-electron chi connectivity index (χ1n) is 4.03. The van der Waals surface area contributed by atoms with Gasteiger partial charge in [-0.25, -0.2) is 4.79 Å². The van der Waals surface area contributed by atoms with Crippen molar-refractivity contribution in [2.45, 2.75) is 12.8 Å². The van der Waals surface area contributed by atoms with Crippen LogP contribution in [0, 0.1) is 0 Å². The molecule has 0 atom stereocenters. The molecule has 0 saturated heterocycles. The number of carbonyl (C=O) groups excluding carboxylic acids is 1. The summed E-state index contributed by atoms with van der Waals surface area (Å²) >= 11 is 0. The summed E-state index contributed by atoms with van der Waals surface area (Å²) < 4.78 is 31.8. The number of esters is 1. The molecule has 0 fully saturated rings. The maximum atomic E-state index is 13.2. The van der Waals surface area contributed by atoms with E-state index in [4.69, 9.17) is 0 Å². The predicted octanol–water partition coefficient (Wildman–Crippen LogP) is 1.08. The van der Waals surface area contributed by atoms with Crippen LogP contribution >= 0.6 is 0 Å². The lowest BCUT2D eigenvalue weighted by Crippen LogP contribution is -2.28. The van der Waals surface area contributed by atoms with Gasteiger partial charge in [0.15, 0.2) is 0 Å². The maximum absolute atomic E-state index is 13.2. The average Bonchev–Trinajstić information content (AvgIpc) is 2.52. The molecule has 0 aliphatic heterocycles. The summed E-state index contributed by atoms with van der Waals surface area (Å²) in [7, 11) is 1.49. The third-order valence-corrected chi connectivity index (χ3v) is 1.57. The summed E-state index contributed by atoms with van der Waals surface area (Å²) in [5, 5.41) is 3.45. The molecule has 0 N–H and O–H groups in total. The minimum Gasteiger partial charge on any atom is -0.461 e. The zero-order valence-electron chi connectivity index (χ0n) is 7.83. The van der Waals surface area contributed by atoms with Gasteiger partial charge in [0.05, 0.1) is 6.61 Å². The Morgan fingerprint density at radius 3 is 2.79 bits per heavy atom. The van der Waals surface area contributed by atoms with Crippen LogP contribution in [-0.4, -0.2) is 22.4 Å². The summed E-state index contributed by atoms with van der Waals surface area (Å²) in [4.78, 5) is 10.9. The van der Waals surface area contributed by atoms with E-state index in [9.17, 15) is 13.6 Å². The number of rotatable bonds is 3. The van der Waals surface area contributed by atoms with E-state index in [-0.39, 0.29) is 6.61 Å². The Morgan fingerprint density at radius 2 is 2.36 bits per heavy atom. The lowest BCUT2D eigenvalue weighted by Gasteiger charge is -2.11. The van der Waals surface area contributed by atoms with E-state index in [1.54, 1.807) is 0 Å². The summed E-state index contributed by atoms with van der Waals surface area (Å²) in [5.74, 6) is -5.24. The van der Waals surface area contributed by atoms with Crippen LogP contribution in [-0.2, 0) is 22.5 Å². The van der Waals surface area contributed by atoms with Crippen LogP contribution < -0.4 is 0 Å². The quantitative estimate of drug-likeness (QED) is 0.692. The molecule has 0 radical (unpaired) electrons. The second kappa shape index (κ2) is 3.73. The molecule has 0 aliphatic rings.